The van der Waals surface area contributed by atoms with E-state index in [-0.39, 0.29) is 5.91 Å². The molecule has 0 radical (unpaired) electrons. The summed E-state index contributed by atoms with van der Waals surface area (Å²) in [6.45, 7) is 4.46. The summed E-state index contributed by atoms with van der Waals surface area (Å²) < 4.78 is 0. The first-order chi connectivity index (χ1) is 6.56. The largest absolute Gasteiger partial charge is 0.338 e. The van der Waals surface area contributed by atoms with Gasteiger partial charge < -0.3 is 15.5 Å². The molecule has 1 saturated heterocycles. The molecule has 0 aromatic carbocycles. The number of hydrogen-bond donors (Lipinski definition) is 1. The normalized spacial score (nSPS) is 27.8. The van der Waals surface area contributed by atoms with E-state index < -0.39 is 0 Å². The van der Waals surface area contributed by atoms with Crippen molar-refractivity contribution in [2.24, 2.45) is 11.7 Å². The predicted molar refractivity (Wildman–Crippen MR) is 56.9 cm³/mol. The van der Waals surface area contributed by atoms with Crippen molar-refractivity contribution < 1.29 is 4.79 Å². The fourth-order valence-corrected chi connectivity index (χ4v) is 1.91. The van der Waals surface area contributed by atoms with Gasteiger partial charge >= 0.3 is 0 Å². The lowest BCUT2D eigenvalue weighted by Crippen LogP contribution is -2.39. The van der Waals surface area contributed by atoms with Crippen LogP contribution < -0.4 is 5.73 Å². The van der Waals surface area contributed by atoms with Crippen molar-refractivity contribution in [1.29, 1.82) is 0 Å². The highest BCUT2D eigenvalue weighted by Gasteiger charge is 2.35. The molecular formula is C10H21N3O. The Balaban J connectivity index is 2.48. The van der Waals surface area contributed by atoms with Gasteiger partial charge in [-0.25, -0.2) is 0 Å². The van der Waals surface area contributed by atoms with E-state index in [0.717, 1.165) is 13.1 Å². The minimum absolute atomic E-state index is 0.259. The molecule has 1 heterocycles. The minimum atomic E-state index is 0.259. The zero-order chi connectivity index (χ0) is 10.7. The van der Waals surface area contributed by atoms with Gasteiger partial charge in [0.05, 0.1) is 0 Å². The van der Waals surface area contributed by atoms with Gasteiger partial charge in [-0.05, 0) is 27.6 Å². The average Bonchev–Trinajstić information content (AvgIpc) is 2.39. The number of hydrogen-bond acceptors (Lipinski definition) is 3. The molecule has 0 aromatic heterocycles. The van der Waals surface area contributed by atoms with Gasteiger partial charge in [-0.2, -0.15) is 0 Å². The second-order valence-corrected chi connectivity index (χ2v) is 4.33. The van der Waals surface area contributed by atoms with Gasteiger partial charge in [-0.15, -0.1) is 0 Å². The molecule has 1 fully saturated rings. The molecule has 0 aliphatic carbocycles. The Morgan fingerprint density at radius 1 is 1.57 bits per heavy atom. The van der Waals surface area contributed by atoms with Crippen LogP contribution in [0.2, 0.25) is 0 Å². The zero-order valence-electron chi connectivity index (χ0n) is 9.36. The van der Waals surface area contributed by atoms with E-state index in [4.69, 9.17) is 5.73 Å². The third-order valence-electron chi connectivity index (χ3n) is 3.02. The Hall–Kier alpha value is -0.610. The number of nitrogens with zero attached hydrogens (tertiary/aromatic N) is 2. The Bertz CT molecular complexity index is 206. The molecular weight excluding hydrogens is 178 g/mol. The molecule has 1 amide bonds. The van der Waals surface area contributed by atoms with E-state index in [0.29, 0.717) is 24.9 Å². The first-order valence-corrected chi connectivity index (χ1v) is 5.20. The summed E-state index contributed by atoms with van der Waals surface area (Å²) in [4.78, 5) is 15.7. The molecule has 14 heavy (non-hydrogen) atoms. The maximum absolute atomic E-state index is 11.6. The lowest BCUT2D eigenvalue weighted by atomic mass is 10.0. The molecule has 0 aromatic rings. The van der Waals surface area contributed by atoms with Crippen LogP contribution in [0.3, 0.4) is 0 Å². The maximum atomic E-state index is 11.6. The molecule has 0 bridgehead atoms. The van der Waals surface area contributed by atoms with Crippen LogP contribution >= 0.6 is 0 Å². The SMILES string of the molecule is CC1C(CN)CC(=O)N1CCN(C)C. The summed E-state index contributed by atoms with van der Waals surface area (Å²) in [5.74, 6) is 0.611. The Labute approximate surface area is 86.0 Å². The van der Waals surface area contributed by atoms with Crippen molar-refractivity contribution in [3.05, 3.63) is 0 Å². The summed E-state index contributed by atoms with van der Waals surface area (Å²) in [5, 5.41) is 0. The second-order valence-electron chi connectivity index (χ2n) is 4.33. The van der Waals surface area contributed by atoms with Crippen LogP contribution in [0.15, 0.2) is 0 Å². The number of amides is 1. The topological polar surface area (TPSA) is 49.6 Å². The lowest BCUT2D eigenvalue weighted by Gasteiger charge is -2.25. The first kappa shape index (κ1) is 11.5. The Kier molecular flexibility index (Phi) is 3.89. The van der Waals surface area contributed by atoms with Crippen LogP contribution in [-0.2, 0) is 4.79 Å². The summed E-state index contributed by atoms with van der Waals surface area (Å²) >= 11 is 0. The standard InChI is InChI=1S/C10H21N3O/c1-8-9(7-11)6-10(14)13(8)5-4-12(2)3/h8-9H,4-7,11H2,1-3H3. The van der Waals surface area contributed by atoms with Gasteiger partial charge in [-0.3, -0.25) is 4.79 Å². The fraction of sp³-hybridized carbons (Fsp3) is 0.900. The van der Waals surface area contributed by atoms with Gasteiger partial charge in [-0.1, -0.05) is 0 Å². The smallest absolute Gasteiger partial charge is 0.223 e. The average molecular weight is 199 g/mol. The number of rotatable bonds is 4. The highest BCUT2D eigenvalue weighted by atomic mass is 16.2. The van der Waals surface area contributed by atoms with E-state index in [1.807, 2.05) is 19.0 Å². The van der Waals surface area contributed by atoms with Crippen molar-refractivity contribution in [1.82, 2.24) is 9.80 Å². The quantitative estimate of drug-likeness (QED) is 0.679. The molecule has 4 heteroatoms. The fourth-order valence-electron chi connectivity index (χ4n) is 1.91. The van der Waals surface area contributed by atoms with E-state index in [1.54, 1.807) is 0 Å². The van der Waals surface area contributed by atoms with E-state index >= 15 is 0 Å². The zero-order valence-corrected chi connectivity index (χ0v) is 9.36. The van der Waals surface area contributed by atoms with Crippen molar-refractivity contribution >= 4 is 5.91 Å². The van der Waals surface area contributed by atoms with Crippen LogP contribution in [0, 0.1) is 5.92 Å². The molecule has 1 aliphatic heterocycles. The predicted octanol–water partition coefficient (Wildman–Crippen LogP) is -0.256. The van der Waals surface area contributed by atoms with Gasteiger partial charge in [0.15, 0.2) is 0 Å². The maximum Gasteiger partial charge on any atom is 0.223 e. The van der Waals surface area contributed by atoms with Crippen LogP contribution in [-0.4, -0.2) is 55.5 Å². The van der Waals surface area contributed by atoms with E-state index in [9.17, 15) is 4.79 Å². The number of nitrogens with two attached hydrogens (primary N) is 1. The number of likely N-dealkylation sites (tertiary alicyclic amines) is 1. The highest BCUT2D eigenvalue weighted by molar-refractivity contribution is 5.79. The van der Waals surface area contributed by atoms with E-state index in [1.165, 1.54) is 0 Å². The van der Waals surface area contributed by atoms with Gasteiger partial charge in [0, 0.05) is 31.5 Å². The van der Waals surface area contributed by atoms with Crippen molar-refractivity contribution in [2.45, 2.75) is 19.4 Å². The third kappa shape index (κ3) is 2.45. The van der Waals surface area contributed by atoms with Crippen LogP contribution in [0.5, 0.6) is 0 Å². The number of carbonyl (C=O) groups is 1. The van der Waals surface area contributed by atoms with Gasteiger partial charge in [0.2, 0.25) is 5.91 Å². The Morgan fingerprint density at radius 3 is 2.64 bits per heavy atom. The van der Waals surface area contributed by atoms with Crippen LogP contribution in [0.25, 0.3) is 0 Å². The molecule has 82 valence electrons. The molecule has 0 saturated carbocycles. The van der Waals surface area contributed by atoms with Gasteiger partial charge in [0.25, 0.3) is 0 Å². The third-order valence-corrected chi connectivity index (χ3v) is 3.02. The van der Waals surface area contributed by atoms with Gasteiger partial charge in [0.1, 0.15) is 0 Å². The van der Waals surface area contributed by atoms with Crippen molar-refractivity contribution in [3.63, 3.8) is 0 Å². The summed E-state index contributed by atoms with van der Waals surface area (Å²) in [6.07, 6.45) is 0.630. The van der Waals surface area contributed by atoms with Crippen molar-refractivity contribution in [2.75, 3.05) is 33.7 Å². The molecule has 1 aliphatic rings. The molecule has 2 unspecified atom stereocenters. The Morgan fingerprint density at radius 2 is 2.21 bits per heavy atom. The summed E-state index contributed by atoms with van der Waals surface area (Å²) in [5.41, 5.74) is 5.62. The van der Waals surface area contributed by atoms with Crippen LogP contribution in [0.4, 0.5) is 0 Å². The monoisotopic (exact) mass is 199 g/mol. The lowest BCUT2D eigenvalue weighted by molar-refractivity contribution is -0.128. The number of carbonyl (C=O) groups excluding carboxylic acids is 1. The minimum Gasteiger partial charge on any atom is -0.338 e. The molecule has 1 rings (SSSR count). The second kappa shape index (κ2) is 4.75. The highest BCUT2D eigenvalue weighted by Crippen LogP contribution is 2.23. The van der Waals surface area contributed by atoms with Crippen molar-refractivity contribution in [3.8, 4) is 0 Å². The summed E-state index contributed by atoms with van der Waals surface area (Å²) in [7, 11) is 4.04. The number of likely N-dealkylation sites (N-methyl/N-ethyl adjacent to an activating group) is 1. The molecule has 4 nitrogen and oxygen atoms in total. The van der Waals surface area contributed by atoms with Crippen LogP contribution in [0.1, 0.15) is 13.3 Å². The molecule has 2 atom stereocenters. The molecule has 0 spiro atoms. The summed E-state index contributed by atoms with van der Waals surface area (Å²) in [6, 6.07) is 0.312. The first-order valence-electron chi connectivity index (χ1n) is 5.20. The molecule has 2 N–H and O–H groups in total. The van der Waals surface area contributed by atoms with E-state index in [2.05, 4.69) is 11.8 Å².